The van der Waals surface area contributed by atoms with Crippen LogP contribution in [0.4, 0.5) is 10.5 Å². The number of benzene rings is 1. The van der Waals surface area contributed by atoms with Crippen LogP contribution in [-0.4, -0.2) is 39.8 Å². The SMILES string of the molecule is CCCCN(C)C(=O)Nc1cc(O)c(O)c(O)c1. The number of nitrogens with one attached hydrogen (secondary N) is 1. The Morgan fingerprint density at radius 3 is 2.33 bits per heavy atom. The van der Waals surface area contributed by atoms with Gasteiger partial charge in [0.05, 0.1) is 5.69 Å². The Kier molecular flexibility index (Phi) is 4.65. The molecule has 0 heterocycles. The number of hydrogen-bond donors (Lipinski definition) is 4. The molecule has 0 bridgehead atoms. The minimum atomic E-state index is -0.604. The van der Waals surface area contributed by atoms with E-state index in [9.17, 15) is 15.0 Å². The largest absolute Gasteiger partial charge is 0.504 e. The first-order valence-electron chi connectivity index (χ1n) is 5.72. The van der Waals surface area contributed by atoms with Gasteiger partial charge in [-0.15, -0.1) is 0 Å². The van der Waals surface area contributed by atoms with Gasteiger partial charge >= 0.3 is 6.03 Å². The fraction of sp³-hybridized carbons (Fsp3) is 0.417. The lowest BCUT2D eigenvalue weighted by Gasteiger charge is -2.17. The Morgan fingerprint density at radius 2 is 1.83 bits per heavy atom. The molecule has 1 aromatic carbocycles. The predicted molar refractivity (Wildman–Crippen MR) is 68.0 cm³/mol. The Bertz CT molecular complexity index is 411. The molecule has 0 fully saturated rings. The van der Waals surface area contributed by atoms with Gasteiger partial charge in [-0.05, 0) is 6.42 Å². The number of unbranched alkanes of at least 4 members (excludes halogenated alkanes) is 1. The van der Waals surface area contributed by atoms with Crippen molar-refractivity contribution in [3.05, 3.63) is 12.1 Å². The summed E-state index contributed by atoms with van der Waals surface area (Å²) in [6.45, 7) is 2.65. The summed E-state index contributed by atoms with van der Waals surface area (Å²) in [5.41, 5.74) is 0.219. The van der Waals surface area contributed by atoms with Gasteiger partial charge in [-0.1, -0.05) is 13.3 Å². The Labute approximate surface area is 105 Å². The summed E-state index contributed by atoms with van der Waals surface area (Å²) < 4.78 is 0. The van der Waals surface area contributed by atoms with E-state index >= 15 is 0 Å². The van der Waals surface area contributed by atoms with Crippen molar-refractivity contribution in [1.29, 1.82) is 0 Å². The molecule has 0 saturated carbocycles. The zero-order valence-electron chi connectivity index (χ0n) is 10.5. The van der Waals surface area contributed by atoms with Crippen LogP contribution in [-0.2, 0) is 0 Å². The highest BCUT2D eigenvalue weighted by Crippen LogP contribution is 2.37. The highest BCUT2D eigenvalue weighted by atomic mass is 16.3. The maximum atomic E-state index is 11.7. The second kappa shape index (κ2) is 6.00. The average molecular weight is 254 g/mol. The lowest BCUT2D eigenvalue weighted by molar-refractivity contribution is 0.222. The van der Waals surface area contributed by atoms with Crippen LogP contribution in [0.25, 0.3) is 0 Å². The number of aromatic hydroxyl groups is 3. The number of carbonyl (C=O) groups is 1. The van der Waals surface area contributed by atoms with Crippen molar-refractivity contribution in [1.82, 2.24) is 4.90 Å². The smallest absolute Gasteiger partial charge is 0.321 e. The van der Waals surface area contributed by atoms with Crippen molar-refractivity contribution >= 4 is 11.7 Å². The maximum absolute atomic E-state index is 11.7. The summed E-state index contributed by atoms with van der Waals surface area (Å²) in [4.78, 5) is 13.2. The molecule has 0 aromatic heterocycles. The van der Waals surface area contributed by atoms with E-state index in [4.69, 9.17) is 5.11 Å². The fourth-order valence-corrected chi connectivity index (χ4v) is 1.39. The highest BCUT2D eigenvalue weighted by molar-refractivity contribution is 5.90. The van der Waals surface area contributed by atoms with Crippen molar-refractivity contribution in [3.63, 3.8) is 0 Å². The average Bonchev–Trinajstić information content (AvgIpc) is 2.32. The van der Waals surface area contributed by atoms with Gasteiger partial charge in [-0.2, -0.15) is 0 Å². The monoisotopic (exact) mass is 254 g/mol. The molecular weight excluding hydrogens is 236 g/mol. The van der Waals surface area contributed by atoms with Crippen molar-refractivity contribution in [2.45, 2.75) is 19.8 Å². The molecule has 0 radical (unpaired) electrons. The number of nitrogens with zero attached hydrogens (tertiary/aromatic N) is 1. The third kappa shape index (κ3) is 3.44. The van der Waals surface area contributed by atoms with Crippen molar-refractivity contribution < 1.29 is 20.1 Å². The molecule has 1 rings (SSSR count). The zero-order chi connectivity index (χ0) is 13.7. The molecule has 0 aliphatic rings. The van der Waals surface area contributed by atoms with Gasteiger partial charge in [0.2, 0.25) is 0 Å². The Morgan fingerprint density at radius 1 is 1.28 bits per heavy atom. The van der Waals surface area contributed by atoms with E-state index in [1.165, 1.54) is 17.0 Å². The van der Waals surface area contributed by atoms with Crippen LogP contribution < -0.4 is 5.32 Å². The van der Waals surface area contributed by atoms with Gasteiger partial charge in [0, 0.05) is 25.7 Å². The molecule has 6 heteroatoms. The van der Waals surface area contributed by atoms with E-state index in [2.05, 4.69) is 5.32 Å². The van der Waals surface area contributed by atoms with Crippen LogP contribution in [0.5, 0.6) is 17.2 Å². The third-order valence-corrected chi connectivity index (χ3v) is 2.51. The molecule has 0 aliphatic heterocycles. The molecule has 2 amide bonds. The minimum Gasteiger partial charge on any atom is -0.504 e. The standard InChI is InChI=1S/C12H18N2O4/c1-3-4-5-14(2)12(18)13-8-6-9(15)11(17)10(16)7-8/h6-7,15-17H,3-5H2,1-2H3,(H,13,18). The molecule has 0 spiro atoms. The van der Waals surface area contributed by atoms with Crippen molar-refractivity contribution in [3.8, 4) is 17.2 Å². The number of anilines is 1. The number of amides is 2. The van der Waals surface area contributed by atoms with Gasteiger partial charge in [0.25, 0.3) is 0 Å². The first-order valence-corrected chi connectivity index (χ1v) is 5.72. The fourth-order valence-electron chi connectivity index (χ4n) is 1.39. The number of phenolic OH excluding ortho intramolecular Hbond substituents is 3. The summed E-state index contributed by atoms with van der Waals surface area (Å²) in [7, 11) is 1.66. The summed E-state index contributed by atoms with van der Waals surface area (Å²) >= 11 is 0. The maximum Gasteiger partial charge on any atom is 0.321 e. The summed E-state index contributed by atoms with van der Waals surface area (Å²) in [5, 5.41) is 30.3. The lowest BCUT2D eigenvalue weighted by Crippen LogP contribution is -2.32. The molecule has 4 N–H and O–H groups in total. The van der Waals surface area contributed by atoms with Crippen LogP contribution >= 0.6 is 0 Å². The number of rotatable bonds is 4. The number of carbonyl (C=O) groups excluding carboxylic acids is 1. The van der Waals surface area contributed by atoms with Crippen LogP contribution in [0.1, 0.15) is 19.8 Å². The van der Waals surface area contributed by atoms with Crippen LogP contribution in [0.15, 0.2) is 12.1 Å². The predicted octanol–water partition coefficient (Wildman–Crippen LogP) is 2.07. The molecular formula is C12H18N2O4. The first-order chi connectivity index (χ1) is 8.45. The third-order valence-electron chi connectivity index (χ3n) is 2.51. The first kappa shape index (κ1) is 14.0. The van der Waals surface area contributed by atoms with Crippen LogP contribution in [0, 0.1) is 0 Å². The van der Waals surface area contributed by atoms with Gasteiger partial charge in [-0.25, -0.2) is 4.79 Å². The quantitative estimate of drug-likeness (QED) is 0.489. The van der Waals surface area contributed by atoms with Gasteiger partial charge in [-0.3, -0.25) is 0 Å². The molecule has 0 saturated heterocycles. The summed E-state index contributed by atoms with van der Waals surface area (Å²) in [5.74, 6) is -1.57. The van der Waals surface area contributed by atoms with E-state index in [1.54, 1.807) is 7.05 Å². The van der Waals surface area contributed by atoms with Gasteiger partial charge < -0.3 is 25.5 Å². The van der Waals surface area contributed by atoms with E-state index < -0.39 is 17.2 Å². The molecule has 100 valence electrons. The Hall–Kier alpha value is -2.11. The summed E-state index contributed by atoms with van der Waals surface area (Å²) in [6, 6.07) is 1.99. The number of phenols is 3. The summed E-state index contributed by atoms with van der Waals surface area (Å²) in [6.07, 6.45) is 1.88. The van der Waals surface area contributed by atoms with E-state index in [1.807, 2.05) is 6.92 Å². The van der Waals surface area contributed by atoms with Gasteiger partial charge in [0.15, 0.2) is 17.2 Å². The van der Waals surface area contributed by atoms with Crippen molar-refractivity contribution in [2.75, 3.05) is 18.9 Å². The molecule has 0 atom stereocenters. The van der Waals surface area contributed by atoms with E-state index in [0.717, 1.165) is 12.8 Å². The molecule has 1 aromatic rings. The molecule has 0 unspecified atom stereocenters. The Balaban J connectivity index is 2.70. The molecule has 18 heavy (non-hydrogen) atoms. The van der Waals surface area contributed by atoms with Crippen LogP contribution in [0.2, 0.25) is 0 Å². The van der Waals surface area contributed by atoms with Crippen LogP contribution in [0.3, 0.4) is 0 Å². The highest BCUT2D eigenvalue weighted by Gasteiger charge is 2.12. The second-order valence-electron chi connectivity index (χ2n) is 4.07. The van der Waals surface area contributed by atoms with Gasteiger partial charge in [0.1, 0.15) is 0 Å². The van der Waals surface area contributed by atoms with E-state index in [-0.39, 0.29) is 11.7 Å². The van der Waals surface area contributed by atoms with E-state index in [0.29, 0.717) is 6.54 Å². The normalized spacial score (nSPS) is 10.1. The topological polar surface area (TPSA) is 93.0 Å². The van der Waals surface area contributed by atoms with Crippen molar-refractivity contribution in [2.24, 2.45) is 0 Å². The second-order valence-corrected chi connectivity index (χ2v) is 4.07. The minimum absolute atomic E-state index is 0.219. The molecule has 0 aliphatic carbocycles. The molecule has 6 nitrogen and oxygen atoms in total. The lowest BCUT2D eigenvalue weighted by atomic mass is 10.2. The number of hydrogen-bond acceptors (Lipinski definition) is 4. The number of urea groups is 1. The zero-order valence-corrected chi connectivity index (χ0v) is 10.5.